The molecule has 0 spiro atoms. The minimum absolute atomic E-state index is 0.0709. The third kappa shape index (κ3) is 6.24. The Morgan fingerprint density at radius 3 is 2.21 bits per heavy atom. The lowest BCUT2D eigenvalue weighted by Crippen LogP contribution is -2.54. The summed E-state index contributed by atoms with van der Waals surface area (Å²) in [5.74, 6) is -0.528. The van der Waals surface area contributed by atoms with Crippen molar-refractivity contribution < 1.29 is 31.1 Å². The molecular weight excluding hydrogens is 459 g/mol. The van der Waals surface area contributed by atoms with Gasteiger partial charge in [0.15, 0.2) is 0 Å². The molecule has 1 aliphatic heterocycles. The number of benzene rings is 2. The van der Waals surface area contributed by atoms with Crippen molar-refractivity contribution >= 4 is 15.9 Å². The second kappa shape index (κ2) is 10.1. The van der Waals surface area contributed by atoms with E-state index in [0.717, 1.165) is 0 Å². The van der Waals surface area contributed by atoms with E-state index in [-0.39, 0.29) is 49.3 Å². The van der Waals surface area contributed by atoms with Gasteiger partial charge in [0.1, 0.15) is 5.75 Å². The van der Waals surface area contributed by atoms with Gasteiger partial charge in [-0.1, -0.05) is 36.4 Å². The average molecular weight is 486 g/mol. The van der Waals surface area contributed by atoms with Crippen molar-refractivity contribution in [3.8, 4) is 5.75 Å². The van der Waals surface area contributed by atoms with Crippen LogP contribution in [-0.2, 0) is 21.4 Å². The van der Waals surface area contributed by atoms with Crippen LogP contribution in [0, 0.1) is 0 Å². The average Bonchev–Trinajstić information content (AvgIpc) is 2.79. The van der Waals surface area contributed by atoms with Crippen molar-refractivity contribution in [3.05, 3.63) is 60.2 Å². The van der Waals surface area contributed by atoms with E-state index < -0.39 is 22.4 Å². The van der Waals surface area contributed by atoms with Gasteiger partial charge >= 0.3 is 6.36 Å². The molecule has 0 N–H and O–H groups in total. The van der Waals surface area contributed by atoms with Crippen LogP contribution >= 0.6 is 0 Å². The Morgan fingerprint density at radius 2 is 1.61 bits per heavy atom. The molecule has 33 heavy (non-hydrogen) atoms. The zero-order valence-corrected chi connectivity index (χ0v) is 19.1. The first-order valence-corrected chi connectivity index (χ1v) is 11.8. The molecule has 0 radical (unpaired) electrons. The topological polar surface area (TPSA) is 70.2 Å². The number of likely N-dealkylation sites (N-methyl/N-ethyl adjacent to an activating group) is 1. The van der Waals surface area contributed by atoms with E-state index in [0.29, 0.717) is 5.56 Å². The van der Waals surface area contributed by atoms with Crippen LogP contribution in [0.3, 0.4) is 0 Å². The van der Waals surface area contributed by atoms with Gasteiger partial charge < -0.3 is 9.64 Å². The smallest absolute Gasteiger partial charge is 0.405 e. The molecule has 1 unspecified atom stereocenters. The number of piperazine rings is 1. The molecule has 1 amide bonds. The van der Waals surface area contributed by atoms with Gasteiger partial charge in [0.2, 0.25) is 15.9 Å². The molecule has 0 saturated carbocycles. The first-order valence-electron chi connectivity index (χ1n) is 10.4. The summed E-state index contributed by atoms with van der Waals surface area (Å²) in [6, 6.07) is 13.3. The van der Waals surface area contributed by atoms with Crippen LogP contribution in [-0.4, -0.2) is 74.1 Å². The van der Waals surface area contributed by atoms with E-state index in [9.17, 15) is 26.4 Å². The van der Waals surface area contributed by atoms with Crippen LogP contribution in [0.1, 0.15) is 12.5 Å². The summed E-state index contributed by atoms with van der Waals surface area (Å²) in [5.41, 5.74) is 0.302. The van der Waals surface area contributed by atoms with Gasteiger partial charge in [-0.2, -0.15) is 4.31 Å². The molecule has 1 heterocycles. The fourth-order valence-electron chi connectivity index (χ4n) is 3.61. The summed E-state index contributed by atoms with van der Waals surface area (Å²) < 4.78 is 69.0. The second-order valence-corrected chi connectivity index (χ2v) is 9.73. The molecule has 1 atom stereocenters. The number of carbonyl (C=O) groups excluding carboxylic acids is 1. The van der Waals surface area contributed by atoms with Gasteiger partial charge in [0.05, 0.1) is 10.9 Å². The number of carbonyl (C=O) groups is 1. The molecule has 1 saturated heterocycles. The van der Waals surface area contributed by atoms with E-state index in [1.165, 1.54) is 34.6 Å². The second-order valence-electron chi connectivity index (χ2n) is 7.79. The monoisotopic (exact) mass is 485 g/mol. The Morgan fingerprint density at radius 1 is 1.03 bits per heavy atom. The number of sulfonamides is 1. The van der Waals surface area contributed by atoms with E-state index in [1.54, 1.807) is 48.0 Å². The molecule has 1 fully saturated rings. The third-order valence-electron chi connectivity index (χ3n) is 5.57. The van der Waals surface area contributed by atoms with Crippen LogP contribution < -0.4 is 4.74 Å². The van der Waals surface area contributed by atoms with Crippen molar-refractivity contribution in [2.45, 2.75) is 30.8 Å². The van der Waals surface area contributed by atoms with Crippen molar-refractivity contribution in [1.82, 2.24) is 14.1 Å². The zero-order chi connectivity index (χ0) is 24.2. The van der Waals surface area contributed by atoms with Crippen molar-refractivity contribution in [2.75, 3.05) is 33.2 Å². The Balaban J connectivity index is 1.60. The van der Waals surface area contributed by atoms with Crippen molar-refractivity contribution in [3.63, 3.8) is 0 Å². The van der Waals surface area contributed by atoms with Crippen LogP contribution in [0.2, 0.25) is 0 Å². The fraction of sp³-hybridized carbons (Fsp3) is 0.409. The molecule has 7 nitrogen and oxygen atoms in total. The summed E-state index contributed by atoms with van der Waals surface area (Å²) in [4.78, 5) is 16.4. The standard InChI is InChI=1S/C22H26F3N3O4S/c1-17(26(2)16-18-8-6-7-11-20(18)32-22(23,24)25)21(29)27-12-14-28(15-13-27)33(30,31)19-9-4-3-5-10-19/h3-11,17H,12-16H2,1-2H3. The van der Waals surface area contributed by atoms with E-state index in [1.807, 2.05) is 0 Å². The fourth-order valence-corrected chi connectivity index (χ4v) is 5.05. The molecule has 2 aromatic rings. The number of rotatable bonds is 7. The van der Waals surface area contributed by atoms with Crippen LogP contribution in [0.5, 0.6) is 5.75 Å². The quantitative estimate of drug-likeness (QED) is 0.603. The lowest BCUT2D eigenvalue weighted by atomic mass is 10.1. The summed E-state index contributed by atoms with van der Waals surface area (Å²) >= 11 is 0. The maximum atomic E-state index is 13.0. The Kier molecular flexibility index (Phi) is 7.65. The van der Waals surface area contributed by atoms with Gasteiger partial charge in [-0.15, -0.1) is 13.2 Å². The molecule has 180 valence electrons. The van der Waals surface area contributed by atoms with E-state index in [2.05, 4.69) is 4.74 Å². The third-order valence-corrected chi connectivity index (χ3v) is 7.48. The molecule has 0 bridgehead atoms. The maximum Gasteiger partial charge on any atom is 0.573 e. The maximum absolute atomic E-state index is 13.0. The molecule has 3 rings (SSSR count). The number of alkyl halides is 3. The molecule has 1 aliphatic rings. The van der Waals surface area contributed by atoms with Gasteiger partial charge in [-0.3, -0.25) is 9.69 Å². The minimum Gasteiger partial charge on any atom is -0.405 e. The number of para-hydroxylation sites is 1. The molecular formula is C22H26F3N3O4S. The van der Waals surface area contributed by atoms with Crippen molar-refractivity contribution in [1.29, 1.82) is 0 Å². The van der Waals surface area contributed by atoms with Crippen molar-refractivity contribution in [2.24, 2.45) is 0 Å². The van der Waals surface area contributed by atoms with Gasteiger partial charge in [-0.05, 0) is 32.2 Å². The SMILES string of the molecule is CC(C(=O)N1CCN(S(=O)(=O)c2ccccc2)CC1)N(C)Cc1ccccc1OC(F)(F)F. The molecule has 2 aromatic carbocycles. The lowest BCUT2D eigenvalue weighted by Gasteiger charge is -2.37. The summed E-state index contributed by atoms with van der Waals surface area (Å²) in [5, 5.41) is 0. The molecule has 0 aromatic heterocycles. The van der Waals surface area contributed by atoms with Gasteiger partial charge in [-0.25, -0.2) is 8.42 Å². The number of hydrogen-bond acceptors (Lipinski definition) is 5. The zero-order valence-electron chi connectivity index (χ0n) is 18.3. The van der Waals surface area contributed by atoms with E-state index >= 15 is 0 Å². The van der Waals surface area contributed by atoms with E-state index in [4.69, 9.17) is 0 Å². The predicted octanol–water partition coefficient (Wildman–Crippen LogP) is 2.94. The number of ether oxygens (including phenoxy) is 1. The summed E-state index contributed by atoms with van der Waals surface area (Å²) in [6.07, 6.45) is -4.81. The number of amides is 1. The van der Waals surface area contributed by atoms with Crippen LogP contribution in [0.4, 0.5) is 13.2 Å². The predicted molar refractivity (Wildman–Crippen MR) is 116 cm³/mol. The van der Waals surface area contributed by atoms with Gasteiger partial charge in [0.25, 0.3) is 0 Å². The Bertz CT molecular complexity index is 1060. The highest BCUT2D eigenvalue weighted by Crippen LogP contribution is 2.27. The minimum atomic E-state index is -4.81. The molecule has 0 aliphatic carbocycles. The first kappa shape index (κ1) is 25.0. The number of nitrogens with zero attached hydrogens (tertiary/aromatic N) is 3. The number of halogens is 3. The molecule has 11 heteroatoms. The lowest BCUT2D eigenvalue weighted by molar-refractivity contribution is -0.275. The van der Waals surface area contributed by atoms with Crippen LogP contribution in [0.15, 0.2) is 59.5 Å². The number of hydrogen-bond donors (Lipinski definition) is 0. The normalized spacial score (nSPS) is 16.6. The summed E-state index contributed by atoms with van der Waals surface area (Å²) in [6.45, 7) is 2.54. The largest absolute Gasteiger partial charge is 0.573 e. The highest BCUT2D eigenvalue weighted by Gasteiger charge is 2.34. The summed E-state index contributed by atoms with van der Waals surface area (Å²) in [7, 11) is -1.99. The highest BCUT2D eigenvalue weighted by atomic mass is 32.2. The first-order chi connectivity index (χ1) is 15.5. The Hall–Kier alpha value is -2.63. The van der Waals surface area contributed by atoms with Crippen LogP contribution in [0.25, 0.3) is 0 Å². The Labute approximate surface area is 191 Å². The highest BCUT2D eigenvalue weighted by molar-refractivity contribution is 7.89. The van der Waals surface area contributed by atoms with Gasteiger partial charge in [0, 0.05) is 38.3 Å².